The summed E-state index contributed by atoms with van der Waals surface area (Å²) >= 11 is 7.14. The minimum Gasteiger partial charge on any atom is -0.489 e. The molecule has 0 amide bonds. The van der Waals surface area contributed by atoms with Gasteiger partial charge >= 0.3 is 0 Å². The van der Waals surface area contributed by atoms with Crippen molar-refractivity contribution in [3.63, 3.8) is 0 Å². The zero-order valence-electron chi connectivity index (χ0n) is 13.8. The molecule has 3 aromatic carbocycles. The molecular weight excluding hydrogens is 454 g/mol. The van der Waals surface area contributed by atoms with E-state index >= 15 is 0 Å². The van der Waals surface area contributed by atoms with Crippen LogP contribution in [0.1, 0.15) is 5.56 Å². The summed E-state index contributed by atoms with van der Waals surface area (Å²) in [5.74, 6) is 0.871. The molecule has 0 spiro atoms. The van der Waals surface area contributed by atoms with Crippen LogP contribution in [0.2, 0.25) is 0 Å². The Balaban J connectivity index is 1.61. The van der Waals surface area contributed by atoms with E-state index in [1.54, 1.807) is 6.20 Å². The minimum absolute atomic E-state index is 0.569. The predicted molar refractivity (Wildman–Crippen MR) is 113 cm³/mol. The van der Waals surface area contributed by atoms with Gasteiger partial charge < -0.3 is 4.74 Å². The topological polar surface area (TPSA) is 22.1 Å². The summed E-state index contributed by atoms with van der Waals surface area (Å²) in [4.78, 5) is 4.50. The molecule has 1 aromatic heterocycles. The highest BCUT2D eigenvalue weighted by molar-refractivity contribution is 9.13. The van der Waals surface area contributed by atoms with Crippen molar-refractivity contribution in [3.05, 3.63) is 93.5 Å². The molecule has 0 N–H and O–H groups in total. The molecule has 0 fully saturated rings. The zero-order valence-corrected chi connectivity index (χ0v) is 17.0. The summed E-state index contributed by atoms with van der Waals surface area (Å²) in [6.07, 6.45) is 1.80. The molecule has 1 heterocycles. The second-order valence-corrected chi connectivity index (χ2v) is 7.60. The van der Waals surface area contributed by atoms with E-state index in [4.69, 9.17) is 4.74 Å². The van der Waals surface area contributed by atoms with Crippen molar-refractivity contribution in [1.82, 2.24) is 4.98 Å². The normalized spacial score (nSPS) is 10.8. The number of halogens is 2. The number of rotatable bonds is 4. The molecule has 0 bridgehead atoms. The van der Waals surface area contributed by atoms with Gasteiger partial charge in [0.1, 0.15) is 12.4 Å². The van der Waals surface area contributed by atoms with Crippen LogP contribution in [0.25, 0.3) is 22.0 Å². The molecule has 4 rings (SSSR count). The summed E-state index contributed by atoms with van der Waals surface area (Å²) in [6.45, 7) is 0.569. The highest BCUT2D eigenvalue weighted by Gasteiger charge is 2.09. The standard InChI is InChI=1S/C22H15Br2NO/c23-20-10-11-25-22(21(20)24)18-7-6-17-13-19(9-8-16(17)12-18)26-14-15-4-2-1-3-5-15/h1-13H,14H2. The average molecular weight is 469 g/mol. The molecule has 0 saturated heterocycles. The lowest BCUT2D eigenvalue weighted by Gasteiger charge is -2.09. The third kappa shape index (κ3) is 3.67. The summed E-state index contributed by atoms with van der Waals surface area (Å²) in [6, 6.07) is 24.6. The Morgan fingerprint density at radius 2 is 1.58 bits per heavy atom. The van der Waals surface area contributed by atoms with Crippen molar-refractivity contribution in [1.29, 1.82) is 0 Å². The Hall–Kier alpha value is -2.17. The van der Waals surface area contributed by atoms with E-state index in [1.165, 1.54) is 0 Å². The van der Waals surface area contributed by atoms with Gasteiger partial charge in [0.25, 0.3) is 0 Å². The van der Waals surface area contributed by atoms with E-state index in [0.717, 1.165) is 42.3 Å². The molecule has 26 heavy (non-hydrogen) atoms. The zero-order chi connectivity index (χ0) is 17.9. The lowest BCUT2D eigenvalue weighted by Crippen LogP contribution is -1.94. The first-order valence-corrected chi connectivity index (χ1v) is 9.80. The van der Waals surface area contributed by atoms with Crippen molar-refractivity contribution in [2.24, 2.45) is 0 Å². The van der Waals surface area contributed by atoms with E-state index in [9.17, 15) is 0 Å². The van der Waals surface area contributed by atoms with Gasteiger partial charge in [-0.25, -0.2) is 0 Å². The predicted octanol–water partition coefficient (Wildman–Crippen LogP) is 7.01. The maximum absolute atomic E-state index is 5.92. The van der Waals surface area contributed by atoms with Crippen LogP contribution in [0.3, 0.4) is 0 Å². The third-order valence-electron chi connectivity index (χ3n) is 4.18. The first-order chi connectivity index (χ1) is 12.7. The maximum Gasteiger partial charge on any atom is 0.120 e. The van der Waals surface area contributed by atoms with E-state index in [0.29, 0.717) is 6.61 Å². The van der Waals surface area contributed by atoms with Crippen LogP contribution >= 0.6 is 31.9 Å². The number of ether oxygens (including phenoxy) is 1. The Morgan fingerprint density at radius 1 is 0.808 bits per heavy atom. The molecule has 0 atom stereocenters. The van der Waals surface area contributed by atoms with Gasteiger partial charge in [0.2, 0.25) is 0 Å². The van der Waals surface area contributed by atoms with E-state index in [-0.39, 0.29) is 0 Å². The monoisotopic (exact) mass is 467 g/mol. The van der Waals surface area contributed by atoms with Crippen LogP contribution in [0.4, 0.5) is 0 Å². The number of fused-ring (bicyclic) bond motifs is 1. The second kappa shape index (κ2) is 7.60. The molecule has 2 nitrogen and oxygen atoms in total. The van der Waals surface area contributed by atoms with Gasteiger partial charge in [-0.05, 0) is 72.5 Å². The summed E-state index contributed by atoms with van der Waals surface area (Å²) in [7, 11) is 0. The van der Waals surface area contributed by atoms with Gasteiger partial charge in [-0.15, -0.1) is 0 Å². The smallest absolute Gasteiger partial charge is 0.120 e. The van der Waals surface area contributed by atoms with Gasteiger partial charge in [0.15, 0.2) is 0 Å². The first-order valence-electron chi connectivity index (χ1n) is 8.21. The summed E-state index contributed by atoms with van der Waals surface area (Å²) < 4.78 is 7.88. The van der Waals surface area contributed by atoms with Crippen molar-refractivity contribution in [2.75, 3.05) is 0 Å². The third-order valence-corrected chi connectivity index (χ3v) is 6.17. The highest BCUT2D eigenvalue weighted by Crippen LogP contribution is 2.34. The fraction of sp³-hybridized carbons (Fsp3) is 0.0455. The Kier molecular flexibility index (Phi) is 5.05. The van der Waals surface area contributed by atoms with Crippen LogP contribution in [-0.2, 0) is 6.61 Å². The number of hydrogen-bond donors (Lipinski definition) is 0. The highest BCUT2D eigenvalue weighted by atomic mass is 79.9. The number of pyridine rings is 1. The fourth-order valence-corrected chi connectivity index (χ4v) is 3.59. The molecule has 0 saturated carbocycles. The molecule has 128 valence electrons. The average Bonchev–Trinajstić information content (AvgIpc) is 2.69. The summed E-state index contributed by atoms with van der Waals surface area (Å²) in [5, 5.41) is 2.30. The van der Waals surface area contributed by atoms with Crippen LogP contribution in [0.5, 0.6) is 5.75 Å². The van der Waals surface area contributed by atoms with Crippen LogP contribution in [-0.4, -0.2) is 4.98 Å². The van der Waals surface area contributed by atoms with Gasteiger partial charge in [-0.2, -0.15) is 0 Å². The number of nitrogens with zero attached hydrogens (tertiary/aromatic N) is 1. The fourth-order valence-electron chi connectivity index (χ4n) is 2.82. The van der Waals surface area contributed by atoms with Crippen LogP contribution < -0.4 is 4.74 Å². The minimum atomic E-state index is 0.569. The largest absolute Gasteiger partial charge is 0.489 e. The van der Waals surface area contributed by atoms with Gasteiger partial charge in [0.05, 0.1) is 10.2 Å². The van der Waals surface area contributed by atoms with Crippen molar-refractivity contribution in [2.45, 2.75) is 6.61 Å². The quantitative estimate of drug-likeness (QED) is 0.321. The number of hydrogen-bond acceptors (Lipinski definition) is 2. The Bertz CT molecular complexity index is 1060. The number of benzene rings is 3. The Morgan fingerprint density at radius 3 is 2.42 bits per heavy atom. The van der Waals surface area contributed by atoms with Gasteiger partial charge in [0, 0.05) is 16.2 Å². The molecule has 0 aliphatic heterocycles. The second-order valence-electron chi connectivity index (χ2n) is 5.95. The van der Waals surface area contributed by atoms with Crippen molar-refractivity contribution < 1.29 is 4.74 Å². The molecule has 0 unspecified atom stereocenters. The van der Waals surface area contributed by atoms with E-state index in [2.05, 4.69) is 79.3 Å². The van der Waals surface area contributed by atoms with E-state index in [1.807, 2.05) is 30.3 Å². The van der Waals surface area contributed by atoms with Gasteiger partial charge in [-0.3, -0.25) is 4.98 Å². The number of aromatic nitrogens is 1. The van der Waals surface area contributed by atoms with Crippen molar-refractivity contribution >= 4 is 42.6 Å². The van der Waals surface area contributed by atoms with Crippen LogP contribution in [0.15, 0.2) is 87.9 Å². The molecular formula is C22H15Br2NO. The van der Waals surface area contributed by atoms with Crippen LogP contribution in [0, 0.1) is 0 Å². The molecule has 0 aliphatic carbocycles. The first kappa shape index (κ1) is 17.3. The molecule has 4 heteroatoms. The molecule has 0 radical (unpaired) electrons. The van der Waals surface area contributed by atoms with Gasteiger partial charge in [-0.1, -0.05) is 48.5 Å². The SMILES string of the molecule is Brc1ccnc(-c2ccc3cc(OCc4ccccc4)ccc3c2)c1Br. The van der Waals surface area contributed by atoms with E-state index < -0.39 is 0 Å². The Labute approximate surface area is 169 Å². The lowest BCUT2D eigenvalue weighted by molar-refractivity contribution is 0.306. The molecule has 4 aromatic rings. The maximum atomic E-state index is 5.92. The van der Waals surface area contributed by atoms with Crippen molar-refractivity contribution in [3.8, 4) is 17.0 Å². The lowest BCUT2D eigenvalue weighted by atomic mass is 10.0. The molecule has 0 aliphatic rings. The summed E-state index contributed by atoms with van der Waals surface area (Å²) in [5.41, 5.74) is 3.16.